The van der Waals surface area contributed by atoms with Gasteiger partial charge in [-0.05, 0) is 42.2 Å². The van der Waals surface area contributed by atoms with E-state index in [9.17, 15) is 10.1 Å². The van der Waals surface area contributed by atoms with Crippen LogP contribution in [0, 0.1) is 17.0 Å². The van der Waals surface area contributed by atoms with Gasteiger partial charge in [-0.3, -0.25) is 15.4 Å². The third kappa shape index (κ3) is 2.88. The highest BCUT2D eigenvalue weighted by Gasteiger charge is 2.18. The van der Waals surface area contributed by atoms with Crippen molar-refractivity contribution in [2.45, 2.75) is 26.7 Å². The summed E-state index contributed by atoms with van der Waals surface area (Å²) in [5, 5.41) is 14.8. The van der Waals surface area contributed by atoms with Gasteiger partial charge in [0.1, 0.15) is 5.52 Å². The molecule has 0 fully saturated rings. The van der Waals surface area contributed by atoms with Crippen LogP contribution in [0.15, 0.2) is 34.7 Å². The van der Waals surface area contributed by atoms with Crippen molar-refractivity contribution in [1.82, 2.24) is 9.97 Å². The molecule has 26 heavy (non-hydrogen) atoms. The van der Waals surface area contributed by atoms with E-state index in [2.05, 4.69) is 29.1 Å². The molecular formula is C18H16N4O3S. The molecule has 132 valence electrons. The summed E-state index contributed by atoms with van der Waals surface area (Å²) in [6.07, 6.45) is 0. The molecule has 0 bridgehead atoms. The molecule has 0 radical (unpaired) electrons. The van der Waals surface area contributed by atoms with E-state index in [1.165, 1.54) is 23.0 Å². The number of benzene rings is 2. The lowest BCUT2D eigenvalue weighted by Crippen LogP contribution is -1.91. The smallest absolute Gasteiger partial charge is 0.302 e. The number of oxazole rings is 1. The summed E-state index contributed by atoms with van der Waals surface area (Å²) in [5.41, 5.74) is 3.82. The van der Waals surface area contributed by atoms with Gasteiger partial charge in [-0.2, -0.15) is 4.98 Å². The van der Waals surface area contributed by atoms with Gasteiger partial charge in [0, 0.05) is 6.07 Å². The number of nitrogens with one attached hydrogen (secondary N) is 1. The molecule has 0 unspecified atom stereocenters. The number of non-ortho nitro benzene ring substituents is 1. The van der Waals surface area contributed by atoms with Crippen molar-refractivity contribution >= 4 is 49.5 Å². The molecule has 0 spiro atoms. The van der Waals surface area contributed by atoms with Crippen molar-refractivity contribution in [3.63, 3.8) is 0 Å². The molecule has 4 rings (SSSR count). The number of rotatable bonds is 4. The highest BCUT2D eigenvalue weighted by Crippen LogP contribution is 2.35. The quantitative estimate of drug-likeness (QED) is 0.376. The van der Waals surface area contributed by atoms with Gasteiger partial charge in [0.15, 0.2) is 16.2 Å². The molecule has 0 atom stereocenters. The Balaban J connectivity index is 1.72. The Morgan fingerprint density at radius 3 is 2.77 bits per heavy atom. The maximum atomic E-state index is 11.3. The van der Waals surface area contributed by atoms with Gasteiger partial charge in [-0.25, -0.2) is 4.98 Å². The second-order valence-electron chi connectivity index (χ2n) is 6.43. The number of thiazole rings is 1. The third-order valence-corrected chi connectivity index (χ3v) is 5.03. The topological polar surface area (TPSA) is 94.1 Å². The Labute approximate surface area is 152 Å². The standard InChI is InChI=1S/C18H16N4O3S/c1-9(2)11-4-5-14-12(8-11)19-17(25-14)21-18-20-16-13(22(23)24)6-10(3)7-15(16)26-18/h4-9H,1-3H3,(H,19,20,21). The number of nitro benzene ring substituents is 1. The summed E-state index contributed by atoms with van der Waals surface area (Å²) in [4.78, 5) is 19.7. The summed E-state index contributed by atoms with van der Waals surface area (Å²) < 4.78 is 6.46. The van der Waals surface area contributed by atoms with Crippen molar-refractivity contribution in [2.24, 2.45) is 0 Å². The Hall–Kier alpha value is -3.00. The van der Waals surface area contributed by atoms with Crippen molar-refractivity contribution < 1.29 is 9.34 Å². The summed E-state index contributed by atoms with van der Waals surface area (Å²) in [6.45, 7) is 6.07. The molecule has 0 amide bonds. The zero-order chi connectivity index (χ0) is 18.4. The van der Waals surface area contributed by atoms with E-state index in [0.29, 0.717) is 28.2 Å². The fourth-order valence-electron chi connectivity index (χ4n) is 2.79. The van der Waals surface area contributed by atoms with Gasteiger partial charge in [0.05, 0.1) is 9.62 Å². The van der Waals surface area contributed by atoms with Crippen LogP contribution in [0.4, 0.5) is 16.8 Å². The summed E-state index contributed by atoms with van der Waals surface area (Å²) >= 11 is 1.33. The van der Waals surface area contributed by atoms with Crippen LogP contribution in [0.1, 0.15) is 30.9 Å². The first kappa shape index (κ1) is 16.5. The van der Waals surface area contributed by atoms with Gasteiger partial charge >= 0.3 is 6.01 Å². The average molecular weight is 368 g/mol. The third-order valence-electron chi connectivity index (χ3n) is 4.11. The molecule has 4 aromatic rings. The predicted molar refractivity (Wildman–Crippen MR) is 102 cm³/mol. The molecule has 2 aromatic carbocycles. The minimum absolute atomic E-state index is 0.00319. The molecule has 8 heteroatoms. The SMILES string of the molecule is Cc1cc([N+](=O)[O-])c2nc(Nc3nc4cc(C(C)C)ccc4o3)sc2c1. The first-order valence-corrected chi connectivity index (χ1v) is 8.95. The number of aromatic nitrogens is 2. The fraction of sp³-hybridized carbons (Fsp3) is 0.222. The zero-order valence-corrected chi connectivity index (χ0v) is 15.3. The van der Waals surface area contributed by atoms with Gasteiger partial charge in [0.2, 0.25) is 0 Å². The lowest BCUT2D eigenvalue weighted by molar-refractivity contribution is -0.383. The summed E-state index contributed by atoms with van der Waals surface area (Å²) in [6, 6.07) is 9.65. The van der Waals surface area contributed by atoms with Gasteiger partial charge in [0.25, 0.3) is 5.69 Å². The lowest BCUT2D eigenvalue weighted by atomic mass is 10.0. The van der Waals surface area contributed by atoms with Gasteiger partial charge < -0.3 is 4.42 Å². The molecular weight excluding hydrogens is 352 g/mol. The van der Waals surface area contributed by atoms with Crippen LogP contribution >= 0.6 is 11.3 Å². The number of nitro groups is 1. The molecule has 0 aliphatic rings. The number of anilines is 2. The molecule has 2 heterocycles. The fourth-order valence-corrected chi connectivity index (χ4v) is 3.76. The Kier molecular flexibility index (Phi) is 3.84. The average Bonchev–Trinajstić information content (AvgIpc) is 3.15. The number of hydrogen-bond donors (Lipinski definition) is 1. The van der Waals surface area contributed by atoms with Crippen LogP contribution in [0.3, 0.4) is 0 Å². The second-order valence-corrected chi connectivity index (χ2v) is 7.46. The van der Waals surface area contributed by atoms with E-state index in [0.717, 1.165) is 15.8 Å². The van der Waals surface area contributed by atoms with E-state index >= 15 is 0 Å². The first-order valence-electron chi connectivity index (χ1n) is 8.14. The Morgan fingerprint density at radius 2 is 2.04 bits per heavy atom. The molecule has 0 aliphatic heterocycles. The molecule has 0 saturated carbocycles. The molecule has 2 aromatic heterocycles. The minimum Gasteiger partial charge on any atom is -0.423 e. The van der Waals surface area contributed by atoms with Crippen LogP contribution in [0.25, 0.3) is 21.3 Å². The highest BCUT2D eigenvalue weighted by atomic mass is 32.1. The van der Waals surface area contributed by atoms with E-state index in [1.54, 1.807) is 0 Å². The largest absolute Gasteiger partial charge is 0.423 e. The minimum atomic E-state index is -0.411. The van der Waals surface area contributed by atoms with Crippen LogP contribution < -0.4 is 5.32 Å². The molecule has 0 aliphatic carbocycles. The number of nitrogens with zero attached hydrogens (tertiary/aromatic N) is 3. The lowest BCUT2D eigenvalue weighted by Gasteiger charge is -2.02. The van der Waals surface area contributed by atoms with Crippen molar-refractivity contribution in [3.8, 4) is 0 Å². The highest BCUT2D eigenvalue weighted by molar-refractivity contribution is 7.22. The maximum Gasteiger partial charge on any atom is 0.302 e. The van der Waals surface area contributed by atoms with Crippen LogP contribution in [0.2, 0.25) is 0 Å². The Morgan fingerprint density at radius 1 is 1.23 bits per heavy atom. The van der Waals surface area contributed by atoms with Gasteiger partial charge in [-0.15, -0.1) is 0 Å². The van der Waals surface area contributed by atoms with E-state index < -0.39 is 4.92 Å². The number of hydrogen-bond acceptors (Lipinski definition) is 7. The zero-order valence-electron chi connectivity index (χ0n) is 14.4. The van der Waals surface area contributed by atoms with Crippen molar-refractivity contribution in [1.29, 1.82) is 0 Å². The molecule has 1 N–H and O–H groups in total. The molecule has 7 nitrogen and oxygen atoms in total. The monoisotopic (exact) mass is 368 g/mol. The normalized spacial score (nSPS) is 11.5. The Bertz CT molecular complexity index is 1150. The van der Waals surface area contributed by atoms with Crippen molar-refractivity contribution in [2.75, 3.05) is 5.32 Å². The maximum absolute atomic E-state index is 11.3. The van der Waals surface area contributed by atoms with Crippen molar-refractivity contribution in [3.05, 3.63) is 51.6 Å². The molecule has 0 saturated heterocycles. The van der Waals surface area contributed by atoms with Crippen LogP contribution in [-0.4, -0.2) is 14.9 Å². The van der Waals surface area contributed by atoms with Crippen LogP contribution in [0.5, 0.6) is 0 Å². The van der Waals surface area contributed by atoms with E-state index in [4.69, 9.17) is 4.42 Å². The second kappa shape index (κ2) is 6.06. The van der Waals surface area contributed by atoms with Gasteiger partial charge in [-0.1, -0.05) is 31.3 Å². The number of aryl methyl sites for hydroxylation is 1. The predicted octanol–water partition coefficient (Wildman–Crippen LogP) is 5.52. The summed E-state index contributed by atoms with van der Waals surface area (Å²) in [5.74, 6) is 0.403. The number of fused-ring (bicyclic) bond motifs is 2. The van der Waals surface area contributed by atoms with Crippen LogP contribution in [-0.2, 0) is 0 Å². The van der Waals surface area contributed by atoms with E-state index in [1.807, 2.05) is 31.2 Å². The van der Waals surface area contributed by atoms with E-state index in [-0.39, 0.29) is 5.69 Å². The first-order chi connectivity index (χ1) is 12.4. The summed E-state index contributed by atoms with van der Waals surface area (Å²) in [7, 11) is 0.